The van der Waals surface area contributed by atoms with Crippen molar-refractivity contribution in [2.75, 3.05) is 12.3 Å². The van der Waals surface area contributed by atoms with Crippen molar-refractivity contribution >= 4 is 11.6 Å². The molecular weight excluding hydrogens is 194 g/mol. The van der Waals surface area contributed by atoms with Crippen LogP contribution in [0.4, 0.5) is 5.69 Å². The lowest BCUT2D eigenvalue weighted by Crippen LogP contribution is -2.38. The molecule has 0 aliphatic rings. The molecule has 0 saturated carbocycles. The molecule has 1 heterocycles. The van der Waals surface area contributed by atoms with Crippen molar-refractivity contribution in [3.05, 3.63) is 24.0 Å². The first-order valence-electron chi connectivity index (χ1n) is 4.60. The minimum Gasteiger partial charge on any atom is -0.398 e. The predicted molar refractivity (Wildman–Crippen MR) is 57.3 cm³/mol. The molecule has 0 aliphatic heterocycles. The number of carbonyl (C=O) groups is 1. The van der Waals surface area contributed by atoms with Gasteiger partial charge >= 0.3 is 0 Å². The van der Waals surface area contributed by atoms with Crippen LogP contribution in [0, 0.1) is 0 Å². The molecule has 82 valence electrons. The first kappa shape index (κ1) is 11.5. The molecule has 0 atom stereocenters. The number of aliphatic hydroxyl groups is 1. The molecule has 5 heteroatoms. The Morgan fingerprint density at radius 2 is 2.33 bits per heavy atom. The Hall–Kier alpha value is -1.62. The average Bonchev–Trinajstić information content (AvgIpc) is 2.14. The van der Waals surface area contributed by atoms with E-state index in [1.807, 2.05) is 0 Å². The van der Waals surface area contributed by atoms with Crippen LogP contribution in [0.25, 0.3) is 0 Å². The second kappa shape index (κ2) is 4.27. The fourth-order valence-electron chi connectivity index (χ4n) is 0.987. The van der Waals surface area contributed by atoms with Gasteiger partial charge < -0.3 is 16.2 Å². The molecule has 0 bridgehead atoms. The molecule has 1 aromatic heterocycles. The number of carbonyl (C=O) groups excluding carboxylic acids is 1. The van der Waals surface area contributed by atoms with Gasteiger partial charge in [-0.25, -0.2) is 0 Å². The van der Waals surface area contributed by atoms with E-state index in [4.69, 9.17) is 5.73 Å². The number of rotatable bonds is 3. The lowest BCUT2D eigenvalue weighted by atomic mass is 10.1. The second-order valence-electron chi connectivity index (χ2n) is 3.96. The van der Waals surface area contributed by atoms with Crippen LogP contribution in [-0.4, -0.2) is 28.1 Å². The highest BCUT2D eigenvalue weighted by Crippen LogP contribution is 2.08. The predicted octanol–water partition coefficient (Wildman–Crippen LogP) is 0.165. The van der Waals surface area contributed by atoms with Crippen molar-refractivity contribution in [1.29, 1.82) is 0 Å². The summed E-state index contributed by atoms with van der Waals surface area (Å²) in [5.41, 5.74) is 5.35. The Bertz CT molecular complexity index is 358. The van der Waals surface area contributed by atoms with Crippen molar-refractivity contribution in [1.82, 2.24) is 10.3 Å². The molecule has 0 unspecified atom stereocenters. The van der Waals surface area contributed by atoms with E-state index in [0.29, 0.717) is 11.3 Å². The third-order valence-electron chi connectivity index (χ3n) is 1.78. The summed E-state index contributed by atoms with van der Waals surface area (Å²) in [6.07, 6.45) is 2.91. The molecule has 0 spiro atoms. The maximum atomic E-state index is 11.6. The van der Waals surface area contributed by atoms with Crippen LogP contribution in [0.15, 0.2) is 18.5 Å². The number of amides is 1. The Labute approximate surface area is 88.3 Å². The number of nitrogens with two attached hydrogens (primary N) is 1. The highest BCUT2D eigenvalue weighted by Gasteiger charge is 2.15. The van der Waals surface area contributed by atoms with Gasteiger partial charge in [0.25, 0.3) is 5.91 Å². The number of nitrogens with zero attached hydrogens (tertiary/aromatic N) is 1. The van der Waals surface area contributed by atoms with Gasteiger partial charge in [-0.15, -0.1) is 0 Å². The quantitative estimate of drug-likeness (QED) is 0.662. The third kappa shape index (κ3) is 3.55. The molecule has 0 radical (unpaired) electrons. The minimum absolute atomic E-state index is 0.167. The van der Waals surface area contributed by atoms with Gasteiger partial charge in [0.15, 0.2) is 0 Å². The molecule has 0 aliphatic carbocycles. The van der Waals surface area contributed by atoms with Crippen LogP contribution in [0.5, 0.6) is 0 Å². The van der Waals surface area contributed by atoms with Gasteiger partial charge in [-0.1, -0.05) is 0 Å². The van der Waals surface area contributed by atoms with Crippen LogP contribution in [0.1, 0.15) is 24.2 Å². The molecule has 0 fully saturated rings. The third-order valence-corrected chi connectivity index (χ3v) is 1.78. The molecule has 0 aromatic carbocycles. The smallest absolute Gasteiger partial charge is 0.255 e. The second-order valence-corrected chi connectivity index (χ2v) is 3.96. The lowest BCUT2D eigenvalue weighted by Gasteiger charge is -2.17. The number of anilines is 1. The molecule has 1 aromatic rings. The van der Waals surface area contributed by atoms with Crippen molar-refractivity contribution in [2.24, 2.45) is 0 Å². The largest absolute Gasteiger partial charge is 0.398 e. The molecule has 1 rings (SSSR count). The maximum Gasteiger partial charge on any atom is 0.255 e. The summed E-state index contributed by atoms with van der Waals surface area (Å²) < 4.78 is 0. The van der Waals surface area contributed by atoms with Gasteiger partial charge in [0.1, 0.15) is 0 Å². The van der Waals surface area contributed by atoms with Gasteiger partial charge in [-0.3, -0.25) is 9.78 Å². The van der Waals surface area contributed by atoms with E-state index in [1.165, 1.54) is 12.4 Å². The Morgan fingerprint density at radius 1 is 1.67 bits per heavy atom. The van der Waals surface area contributed by atoms with Crippen molar-refractivity contribution in [3.8, 4) is 0 Å². The average molecular weight is 209 g/mol. The fourth-order valence-corrected chi connectivity index (χ4v) is 0.987. The zero-order chi connectivity index (χ0) is 11.5. The Morgan fingerprint density at radius 3 is 2.87 bits per heavy atom. The summed E-state index contributed by atoms with van der Waals surface area (Å²) in [6, 6.07) is 1.55. The molecule has 4 N–H and O–H groups in total. The molecule has 15 heavy (non-hydrogen) atoms. The fraction of sp³-hybridized carbons (Fsp3) is 0.400. The zero-order valence-electron chi connectivity index (χ0n) is 8.82. The number of hydrogen-bond acceptors (Lipinski definition) is 4. The molecule has 1 amide bonds. The van der Waals surface area contributed by atoms with E-state index in [9.17, 15) is 9.90 Å². The van der Waals surface area contributed by atoms with Gasteiger partial charge in [-0.2, -0.15) is 0 Å². The summed E-state index contributed by atoms with van der Waals surface area (Å²) in [7, 11) is 0. The minimum atomic E-state index is -0.938. The standard InChI is InChI=1S/C10H15N3O2/c1-10(2,15)6-13-9(14)7-5-12-4-3-8(7)11/h3-5,15H,6H2,1-2H3,(H2,11,12)(H,13,14). The van der Waals surface area contributed by atoms with E-state index >= 15 is 0 Å². The Kier molecular flexibility index (Phi) is 3.26. The van der Waals surface area contributed by atoms with Crippen LogP contribution < -0.4 is 11.1 Å². The van der Waals surface area contributed by atoms with Crippen molar-refractivity contribution in [2.45, 2.75) is 19.4 Å². The maximum absolute atomic E-state index is 11.6. The van der Waals surface area contributed by atoms with E-state index < -0.39 is 5.60 Å². The number of nitrogen functional groups attached to an aromatic ring is 1. The van der Waals surface area contributed by atoms with Gasteiger partial charge in [-0.05, 0) is 19.9 Å². The van der Waals surface area contributed by atoms with Crippen LogP contribution in [0.3, 0.4) is 0 Å². The summed E-state index contributed by atoms with van der Waals surface area (Å²) in [5, 5.41) is 12.0. The first-order valence-corrected chi connectivity index (χ1v) is 4.60. The van der Waals surface area contributed by atoms with Crippen LogP contribution >= 0.6 is 0 Å². The van der Waals surface area contributed by atoms with Gasteiger partial charge in [0, 0.05) is 24.6 Å². The van der Waals surface area contributed by atoms with E-state index in [1.54, 1.807) is 19.9 Å². The number of pyridine rings is 1. The highest BCUT2D eigenvalue weighted by atomic mass is 16.3. The summed E-state index contributed by atoms with van der Waals surface area (Å²) in [4.78, 5) is 15.4. The molecule has 0 saturated heterocycles. The summed E-state index contributed by atoms with van der Waals surface area (Å²) in [5.74, 6) is -0.331. The van der Waals surface area contributed by atoms with E-state index in [0.717, 1.165) is 0 Å². The summed E-state index contributed by atoms with van der Waals surface area (Å²) in [6.45, 7) is 3.39. The normalized spacial score (nSPS) is 11.1. The van der Waals surface area contributed by atoms with Crippen molar-refractivity contribution < 1.29 is 9.90 Å². The van der Waals surface area contributed by atoms with Crippen LogP contribution in [0.2, 0.25) is 0 Å². The SMILES string of the molecule is CC(C)(O)CNC(=O)c1cnccc1N. The zero-order valence-corrected chi connectivity index (χ0v) is 8.82. The number of hydrogen-bond donors (Lipinski definition) is 3. The van der Waals surface area contributed by atoms with E-state index in [-0.39, 0.29) is 12.5 Å². The highest BCUT2D eigenvalue weighted by molar-refractivity contribution is 5.98. The summed E-state index contributed by atoms with van der Waals surface area (Å²) >= 11 is 0. The lowest BCUT2D eigenvalue weighted by molar-refractivity contribution is 0.0694. The Balaban J connectivity index is 2.66. The number of nitrogens with one attached hydrogen (secondary N) is 1. The van der Waals surface area contributed by atoms with Crippen molar-refractivity contribution in [3.63, 3.8) is 0 Å². The first-order chi connectivity index (χ1) is 6.90. The topological polar surface area (TPSA) is 88.2 Å². The van der Waals surface area contributed by atoms with Crippen LogP contribution in [-0.2, 0) is 0 Å². The number of aromatic nitrogens is 1. The van der Waals surface area contributed by atoms with Gasteiger partial charge in [0.05, 0.1) is 11.2 Å². The molecular formula is C10H15N3O2. The molecule has 5 nitrogen and oxygen atoms in total. The van der Waals surface area contributed by atoms with Gasteiger partial charge in [0.2, 0.25) is 0 Å². The van der Waals surface area contributed by atoms with E-state index in [2.05, 4.69) is 10.3 Å². The monoisotopic (exact) mass is 209 g/mol.